The summed E-state index contributed by atoms with van der Waals surface area (Å²) in [5.41, 5.74) is 0. The van der Waals surface area contributed by atoms with Crippen molar-refractivity contribution in [2.24, 2.45) is 5.92 Å². The van der Waals surface area contributed by atoms with Crippen LogP contribution in [0.5, 0.6) is 0 Å². The first-order valence-electron chi connectivity index (χ1n) is 6.37. The molecule has 0 radical (unpaired) electrons. The number of sulfonamides is 1. The Balaban J connectivity index is 1.65. The zero-order valence-electron chi connectivity index (χ0n) is 10.4. The predicted octanol–water partition coefficient (Wildman–Crippen LogP) is -0.347. The summed E-state index contributed by atoms with van der Waals surface area (Å²) in [6.07, 6.45) is 3.37. The first-order chi connectivity index (χ1) is 9.09. The summed E-state index contributed by atoms with van der Waals surface area (Å²) in [4.78, 5) is 13.7. The molecule has 0 spiro atoms. The van der Waals surface area contributed by atoms with Gasteiger partial charge in [-0.1, -0.05) is 0 Å². The van der Waals surface area contributed by atoms with E-state index in [4.69, 9.17) is 0 Å². The normalized spacial score (nSPS) is 21.6. The van der Waals surface area contributed by atoms with Crippen LogP contribution in [0.25, 0.3) is 0 Å². The van der Waals surface area contributed by atoms with Crippen molar-refractivity contribution in [3.63, 3.8) is 0 Å². The van der Waals surface area contributed by atoms with E-state index < -0.39 is 10.0 Å². The molecule has 2 heterocycles. The van der Waals surface area contributed by atoms with Crippen molar-refractivity contribution in [2.45, 2.75) is 17.9 Å². The number of hydrogen-bond donors (Lipinski definition) is 1. The Morgan fingerprint density at radius 2 is 1.95 bits per heavy atom. The summed E-state index contributed by atoms with van der Waals surface area (Å²) in [6.45, 7) is 1.64. The second-order valence-electron chi connectivity index (χ2n) is 4.92. The minimum atomic E-state index is -3.50. The van der Waals surface area contributed by atoms with E-state index in [1.165, 1.54) is 16.6 Å². The molecule has 0 unspecified atom stereocenters. The van der Waals surface area contributed by atoms with Crippen molar-refractivity contribution in [1.29, 1.82) is 0 Å². The smallest absolute Gasteiger partial charge is 0.260 e. The Morgan fingerprint density at radius 1 is 1.26 bits per heavy atom. The average Bonchev–Trinajstić information content (AvgIpc) is 3.11. The van der Waals surface area contributed by atoms with E-state index in [0.29, 0.717) is 26.2 Å². The van der Waals surface area contributed by atoms with Crippen molar-refractivity contribution in [3.8, 4) is 0 Å². The first-order valence-corrected chi connectivity index (χ1v) is 7.81. The van der Waals surface area contributed by atoms with E-state index in [0.717, 1.165) is 12.8 Å². The number of carbonyl (C=O) groups excluding carboxylic acids is 1. The fraction of sp³-hybridized carbons (Fsp3) is 0.636. The van der Waals surface area contributed by atoms with E-state index in [1.54, 1.807) is 4.90 Å². The van der Waals surface area contributed by atoms with Crippen LogP contribution in [-0.4, -0.2) is 59.9 Å². The van der Waals surface area contributed by atoms with Gasteiger partial charge >= 0.3 is 0 Å². The molecule has 1 saturated heterocycles. The molecule has 0 atom stereocenters. The molecule has 0 aromatic carbocycles. The van der Waals surface area contributed by atoms with Crippen LogP contribution in [0, 0.1) is 5.92 Å². The number of carbonyl (C=O) groups is 1. The van der Waals surface area contributed by atoms with Gasteiger partial charge in [-0.05, 0) is 18.9 Å². The lowest BCUT2D eigenvalue weighted by Crippen LogP contribution is -2.50. The summed E-state index contributed by atoms with van der Waals surface area (Å²) in [7, 11) is -3.50. The quantitative estimate of drug-likeness (QED) is 0.822. The van der Waals surface area contributed by atoms with Crippen LogP contribution in [0.15, 0.2) is 17.3 Å². The van der Waals surface area contributed by atoms with Gasteiger partial charge in [0.15, 0.2) is 5.03 Å². The number of aromatic nitrogens is 2. The zero-order valence-corrected chi connectivity index (χ0v) is 11.3. The van der Waals surface area contributed by atoms with Crippen molar-refractivity contribution in [1.82, 2.24) is 19.4 Å². The van der Waals surface area contributed by atoms with Crippen molar-refractivity contribution in [3.05, 3.63) is 12.3 Å². The monoisotopic (exact) mass is 284 g/mol. The summed E-state index contributed by atoms with van der Waals surface area (Å²) in [5.74, 6) is 0.370. The minimum Gasteiger partial charge on any atom is -0.340 e. The van der Waals surface area contributed by atoms with E-state index in [2.05, 4.69) is 10.2 Å². The highest BCUT2D eigenvalue weighted by molar-refractivity contribution is 7.89. The summed E-state index contributed by atoms with van der Waals surface area (Å²) >= 11 is 0. The lowest BCUT2D eigenvalue weighted by molar-refractivity contribution is -0.133. The molecule has 1 aliphatic heterocycles. The van der Waals surface area contributed by atoms with Crippen molar-refractivity contribution >= 4 is 15.9 Å². The van der Waals surface area contributed by atoms with Crippen LogP contribution in [0.4, 0.5) is 0 Å². The van der Waals surface area contributed by atoms with Crippen LogP contribution in [-0.2, 0) is 14.8 Å². The second-order valence-corrected chi connectivity index (χ2v) is 6.83. The van der Waals surface area contributed by atoms with Crippen LogP contribution in [0.2, 0.25) is 0 Å². The first kappa shape index (κ1) is 12.6. The molecule has 1 aromatic heterocycles. The molecule has 2 aliphatic rings. The number of amides is 1. The third-order valence-electron chi connectivity index (χ3n) is 3.57. The molecule has 104 valence electrons. The van der Waals surface area contributed by atoms with E-state index in [1.807, 2.05) is 0 Å². The topological polar surface area (TPSA) is 86.4 Å². The van der Waals surface area contributed by atoms with Gasteiger partial charge in [-0.15, -0.1) is 0 Å². The molecule has 1 amide bonds. The number of H-pyrrole nitrogens is 1. The summed E-state index contributed by atoms with van der Waals surface area (Å²) < 4.78 is 25.8. The van der Waals surface area contributed by atoms with Gasteiger partial charge in [0.05, 0.1) is 6.20 Å². The standard InChI is InChI=1S/C11H16N4O3S/c16-11(9-1-2-9)14-5-7-15(8-6-14)19(17,18)10-3-4-12-13-10/h3-4,9H,1-2,5-8H2,(H,12,13). The number of rotatable bonds is 3. The third-order valence-corrected chi connectivity index (χ3v) is 5.40. The highest BCUT2D eigenvalue weighted by atomic mass is 32.2. The minimum absolute atomic E-state index is 0.106. The Hall–Kier alpha value is -1.41. The average molecular weight is 284 g/mol. The summed E-state index contributed by atoms with van der Waals surface area (Å²) in [6, 6.07) is 1.44. The Bertz CT molecular complexity index is 557. The van der Waals surface area contributed by atoms with E-state index >= 15 is 0 Å². The highest BCUT2D eigenvalue weighted by Crippen LogP contribution is 2.31. The molecule has 1 aromatic rings. The Morgan fingerprint density at radius 3 is 2.47 bits per heavy atom. The van der Waals surface area contributed by atoms with Crippen LogP contribution in [0.3, 0.4) is 0 Å². The van der Waals surface area contributed by atoms with Gasteiger partial charge in [0.2, 0.25) is 5.91 Å². The number of aromatic amines is 1. The van der Waals surface area contributed by atoms with Gasteiger partial charge in [0.25, 0.3) is 10.0 Å². The van der Waals surface area contributed by atoms with Crippen LogP contribution in [0.1, 0.15) is 12.8 Å². The number of piperazine rings is 1. The lowest BCUT2D eigenvalue weighted by Gasteiger charge is -2.33. The molecule has 7 nitrogen and oxygen atoms in total. The van der Waals surface area contributed by atoms with Crippen LogP contribution >= 0.6 is 0 Å². The maximum Gasteiger partial charge on any atom is 0.260 e. The third kappa shape index (κ3) is 2.37. The maximum absolute atomic E-state index is 12.2. The van der Waals surface area contributed by atoms with Gasteiger partial charge in [-0.3, -0.25) is 9.89 Å². The number of nitrogens with one attached hydrogen (secondary N) is 1. The highest BCUT2D eigenvalue weighted by Gasteiger charge is 2.36. The van der Waals surface area contributed by atoms with Gasteiger partial charge < -0.3 is 4.90 Å². The molecule has 1 saturated carbocycles. The molecule has 2 fully saturated rings. The van der Waals surface area contributed by atoms with E-state index in [9.17, 15) is 13.2 Å². The van der Waals surface area contributed by atoms with E-state index in [-0.39, 0.29) is 16.9 Å². The predicted molar refractivity (Wildman–Crippen MR) is 66.7 cm³/mol. The largest absolute Gasteiger partial charge is 0.340 e. The molecule has 8 heteroatoms. The fourth-order valence-electron chi connectivity index (χ4n) is 2.26. The zero-order chi connectivity index (χ0) is 13.5. The number of nitrogens with zero attached hydrogens (tertiary/aromatic N) is 3. The van der Waals surface area contributed by atoms with Gasteiger partial charge in [0, 0.05) is 32.1 Å². The molecular weight excluding hydrogens is 268 g/mol. The van der Waals surface area contributed by atoms with Crippen molar-refractivity contribution < 1.29 is 13.2 Å². The Kier molecular flexibility index (Phi) is 3.06. The SMILES string of the molecule is O=C(C1CC1)N1CCN(S(=O)(=O)c2ccn[nH]2)CC1. The van der Waals surface area contributed by atoms with Gasteiger partial charge in [-0.25, -0.2) is 8.42 Å². The maximum atomic E-state index is 12.2. The molecule has 3 rings (SSSR count). The second kappa shape index (κ2) is 4.61. The van der Waals surface area contributed by atoms with Gasteiger partial charge in [0.1, 0.15) is 0 Å². The lowest BCUT2D eigenvalue weighted by atomic mass is 10.3. The van der Waals surface area contributed by atoms with Crippen LogP contribution < -0.4 is 0 Å². The molecule has 1 N–H and O–H groups in total. The fourth-order valence-corrected chi connectivity index (χ4v) is 3.59. The number of hydrogen-bond acceptors (Lipinski definition) is 4. The molecule has 0 bridgehead atoms. The van der Waals surface area contributed by atoms with Crippen molar-refractivity contribution in [2.75, 3.05) is 26.2 Å². The molecule has 19 heavy (non-hydrogen) atoms. The van der Waals surface area contributed by atoms with Gasteiger partial charge in [-0.2, -0.15) is 9.40 Å². The Labute approximate surface area is 111 Å². The molecular formula is C11H16N4O3S. The summed E-state index contributed by atoms with van der Waals surface area (Å²) in [5, 5.41) is 6.25. The molecule has 1 aliphatic carbocycles.